The number of nitrogens with one attached hydrogen (secondary N) is 1. The van der Waals surface area contributed by atoms with Gasteiger partial charge in [0.05, 0.1) is 6.54 Å². The van der Waals surface area contributed by atoms with E-state index in [9.17, 15) is 19.2 Å². The maximum Gasteiger partial charge on any atom is 0.325 e. The first-order valence-electron chi connectivity index (χ1n) is 9.53. The van der Waals surface area contributed by atoms with Crippen molar-refractivity contribution in [1.82, 2.24) is 10.2 Å². The molecule has 0 aromatic heterocycles. The molecule has 0 aliphatic carbocycles. The van der Waals surface area contributed by atoms with Crippen molar-refractivity contribution >= 4 is 29.3 Å². The molecule has 2 aromatic rings. The molecule has 2 aliphatic rings. The molecule has 0 radical (unpaired) electrons. The van der Waals surface area contributed by atoms with Crippen LogP contribution in [0.25, 0.3) is 0 Å². The molecule has 1 atom stereocenters. The lowest BCUT2D eigenvalue weighted by Crippen LogP contribution is -2.41. The van der Waals surface area contributed by atoms with E-state index in [0.717, 1.165) is 11.3 Å². The van der Waals surface area contributed by atoms with Crippen LogP contribution >= 0.6 is 0 Å². The molecule has 2 heterocycles. The summed E-state index contributed by atoms with van der Waals surface area (Å²) in [6.07, 6.45) is 1.29. The van der Waals surface area contributed by atoms with Crippen LogP contribution in [0.3, 0.4) is 0 Å². The van der Waals surface area contributed by atoms with E-state index in [1.54, 1.807) is 60.4 Å². The van der Waals surface area contributed by atoms with Crippen LogP contribution in [-0.2, 0) is 15.1 Å². The van der Waals surface area contributed by atoms with Crippen LogP contribution in [0.2, 0.25) is 0 Å². The smallest absolute Gasteiger partial charge is 0.319 e. The van der Waals surface area contributed by atoms with Crippen molar-refractivity contribution in [3.63, 3.8) is 0 Å². The number of imide groups is 1. The number of Topliss-reactive ketones (excluding diaryl/α,β-unsaturated/α-hetero) is 1. The first-order valence-corrected chi connectivity index (χ1v) is 9.53. The van der Waals surface area contributed by atoms with Gasteiger partial charge in [-0.25, -0.2) is 4.79 Å². The Bertz CT molecular complexity index is 1000. The Kier molecular flexibility index (Phi) is 4.66. The number of amides is 4. The predicted octanol–water partition coefficient (Wildman–Crippen LogP) is 2.46. The molecule has 29 heavy (non-hydrogen) atoms. The third-order valence-electron chi connectivity index (χ3n) is 5.48. The Morgan fingerprint density at radius 1 is 1.07 bits per heavy atom. The lowest BCUT2D eigenvalue weighted by Gasteiger charge is -2.22. The molecule has 0 unspecified atom stereocenters. The molecular weight excluding hydrogens is 370 g/mol. The molecule has 2 fully saturated rings. The molecule has 0 bridgehead atoms. The summed E-state index contributed by atoms with van der Waals surface area (Å²) >= 11 is 0. The summed E-state index contributed by atoms with van der Waals surface area (Å²) < 4.78 is 0. The summed E-state index contributed by atoms with van der Waals surface area (Å²) in [4.78, 5) is 52.8. The fourth-order valence-corrected chi connectivity index (χ4v) is 3.81. The summed E-state index contributed by atoms with van der Waals surface area (Å²) in [6.45, 7) is 1.90. The first kappa shape index (κ1) is 18.9. The van der Waals surface area contributed by atoms with Crippen molar-refractivity contribution < 1.29 is 19.2 Å². The monoisotopic (exact) mass is 391 g/mol. The van der Waals surface area contributed by atoms with E-state index >= 15 is 0 Å². The quantitative estimate of drug-likeness (QED) is 0.627. The number of rotatable bonds is 5. The topological polar surface area (TPSA) is 86.8 Å². The molecule has 4 rings (SSSR count). The van der Waals surface area contributed by atoms with Crippen LogP contribution in [-0.4, -0.2) is 41.6 Å². The van der Waals surface area contributed by atoms with Crippen molar-refractivity contribution in [3.05, 3.63) is 65.7 Å². The average molecular weight is 391 g/mol. The predicted molar refractivity (Wildman–Crippen MR) is 106 cm³/mol. The van der Waals surface area contributed by atoms with Crippen molar-refractivity contribution in [1.29, 1.82) is 0 Å². The Morgan fingerprint density at radius 3 is 2.52 bits per heavy atom. The van der Waals surface area contributed by atoms with Gasteiger partial charge in [0.2, 0.25) is 5.91 Å². The second kappa shape index (κ2) is 7.16. The van der Waals surface area contributed by atoms with Crippen molar-refractivity contribution in [2.24, 2.45) is 0 Å². The molecule has 7 heteroatoms. The minimum Gasteiger partial charge on any atom is -0.319 e. The molecule has 148 valence electrons. The van der Waals surface area contributed by atoms with Gasteiger partial charge in [-0.3, -0.25) is 19.3 Å². The standard InChI is InChI=1S/C22H21N3O4/c1-22(16-8-3-2-4-9-16)20(28)25(21(29)23-22)14-18(26)15-7-5-10-17(13-15)24-12-6-11-19(24)27/h2-5,7-10,13H,6,11-12,14H2,1H3,(H,23,29)/t22-/m1/s1. The SMILES string of the molecule is C[C@]1(c2ccccc2)NC(=O)N(CC(=O)c2cccc(N3CCCC3=O)c2)C1=O. The summed E-state index contributed by atoms with van der Waals surface area (Å²) in [5.41, 5.74) is 0.464. The van der Waals surface area contributed by atoms with Gasteiger partial charge in [0.15, 0.2) is 5.78 Å². The van der Waals surface area contributed by atoms with Gasteiger partial charge in [0.1, 0.15) is 5.54 Å². The van der Waals surface area contributed by atoms with Gasteiger partial charge in [0.25, 0.3) is 5.91 Å². The number of anilines is 1. The molecule has 2 aliphatic heterocycles. The lowest BCUT2D eigenvalue weighted by atomic mass is 9.92. The third kappa shape index (κ3) is 3.29. The second-order valence-electron chi connectivity index (χ2n) is 7.43. The summed E-state index contributed by atoms with van der Waals surface area (Å²) in [6, 6.07) is 15.1. The molecular formula is C22H21N3O4. The van der Waals surface area contributed by atoms with E-state index in [-0.39, 0.29) is 18.2 Å². The summed E-state index contributed by atoms with van der Waals surface area (Å²) in [5.74, 6) is -0.797. The Morgan fingerprint density at radius 2 is 1.83 bits per heavy atom. The van der Waals surface area contributed by atoms with Gasteiger partial charge in [-0.2, -0.15) is 0 Å². The molecule has 4 amide bonds. The highest BCUT2D eigenvalue weighted by atomic mass is 16.2. The van der Waals surface area contributed by atoms with E-state index in [0.29, 0.717) is 29.8 Å². The highest BCUT2D eigenvalue weighted by Crippen LogP contribution is 2.29. The van der Waals surface area contributed by atoms with Crippen LogP contribution in [0, 0.1) is 0 Å². The number of ketones is 1. The van der Waals surface area contributed by atoms with Crippen LogP contribution < -0.4 is 10.2 Å². The van der Waals surface area contributed by atoms with E-state index < -0.39 is 17.5 Å². The molecule has 2 aromatic carbocycles. The highest BCUT2D eigenvalue weighted by molar-refractivity contribution is 6.11. The van der Waals surface area contributed by atoms with E-state index in [1.807, 2.05) is 6.07 Å². The first-order chi connectivity index (χ1) is 13.9. The Balaban J connectivity index is 1.54. The van der Waals surface area contributed by atoms with Crippen molar-refractivity contribution in [3.8, 4) is 0 Å². The highest BCUT2D eigenvalue weighted by Gasteiger charge is 2.49. The number of carbonyl (C=O) groups excluding carboxylic acids is 4. The van der Waals surface area contributed by atoms with Gasteiger partial charge in [-0.05, 0) is 31.0 Å². The van der Waals surface area contributed by atoms with Crippen LogP contribution in [0.15, 0.2) is 54.6 Å². The van der Waals surface area contributed by atoms with E-state index in [2.05, 4.69) is 5.32 Å². The second-order valence-corrected chi connectivity index (χ2v) is 7.43. The fourth-order valence-electron chi connectivity index (χ4n) is 3.81. The van der Waals surface area contributed by atoms with Gasteiger partial charge in [-0.1, -0.05) is 42.5 Å². The lowest BCUT2D eigenvalue weighted by molar-refractivity contribution is -0.130. The molecule has 0 spiro atoms. The minimum absolute atomic E-state index is 0.0299. The van der Waals surface area contributed by atoms with Crippen molar-refractivity contribution in [2.75, 3.05) is 18.0 Å². The van der Waals surface area contributed by atoms with Gasteiger partial charge in [-0.15, -0.1) is 0 Å². The van der Waals surface area contributed by atoms with Gasteiger partial charge in [0, 0.05) is 24.2 Å². The van der Waals surface area contributed by atoms with Crippen LogP contribution in [0.1, 0.15) is 35.7 Å². The third-order valence-corrected chi connectivity index (χ3v) is 5.48. The largest absolute Gasteiger partial charge is 0.325 e. The Labute approximate surface area is 168 Å². The number of hydrogen-bond donors (Lipinski definition) is 1. The van der Waals surface area contributed by atoms with E-state index in [4.69, 9.17) is 0 Å². The van der Waals surface area contributed by atoms with E-state index in [1.165, 1.54) is 0 Å². The van der Waals surface area contributed by atoms with Crippen LogP contribution in [0.5, 0.6) is 0 Å². The molecule has 2 saturated heterocycles. The zero-order chi connectivity index (χ0) is 20.6. The zero-order valence-corrected chi connectivity index (χ0v) is 16.1. The molecule has 0 saturated carbocycles. The minimum atomic E-state index is -1.21. The van der Waals surface area contributed by atoms with Gasteiger partial charge >= 0.3 is 6.03 Å². The zero-order valence-electron chi connectivity index (χ0n) is 16.1. The number of hydrogen-bond acceptors (Lipinski definition) is 4. The number of carbonyl (C=O) groups is 4. The molecule has 1 N–H and O–H groups in total. The maximum atomic E-state index is 13.0. The maximum absolute atomic E-state index is 13.0. The fraction of sp³-hybridized carbons (Fsp3) is 0.273. The summed E-state index contributed by atoms with van der Waals surface area (Å²) in [5, 5.41) is 2.70. The number of benzene rings is 2. The Hall–Kier alpha value is -3.48. The van der Waals surface area contributed by atoms with Crippen LogP contribution in [0.4, 0.5) is 10.5 Å². The van der Waals surface area contributed by atoms with Gasteiger partial charge < -0.3 is 10.2 Å². The van der Waals surface area contributed by atoms with Crippen molar-refractivity contribution in [2.45, 2.75) is 25.3 Å². The number of nitrogens with zero attached hydrogens (tertiary/aromatic N) is 2. The number of urea groups is 1. The average Bonchev–Trinajstić information content (AvgIpc) is 3.25. The summed E-state index contributed by atoms with van der Waals surface area (Å²) in [7, 11) is 0. The molecule has 7 nitrogen and oxygen atoms in total. The normalized spacial score (nSPS) is 21.6.